The van der Waals surface area contributed by atoms with Gasteiger partial charge < -0.3 is 9.80 Å². The van der Waals surface area contributed by atoms with Gasteiger partial charge in [0.05, 0.1) is 5.41 Å². The Morgan fingerprint density at radius 3 is 2.48 bits per heavy atom. The summed E-state index contributed by atoms with van der Waals surface area (Å²) in [5.74, 6) is -0.205. The van der Waals surface area contributed by atoms with Crippen LogP contribution in [0.4, 0.5) is 5.95 Å². The highest BCUT2D eigenvalue weighted by atomic mass is 35.5. The van der Waals surface area contributed by atoms with E-state index in [2.05, 4.69) is 14.9 Å². The fourth-order valence-corrected chi connectivity index (χ4v) is 4.69. The van der Waals surface area contributed by atoms with E-state index in [0.29, 0.717) is 36.2 Å². The lowest BCUT2D eigenvalue weighted by Gasteiger charge is -2.30. The summed E-state index contributed by atoms with van der Waals surface area (Å²) in [6.07, 6.45) is 4.00. The van der Waals surface area contributed by atoms with Gasteiger partial charge in [-0.05, 0) is 24.1 Å². The minimum atomic E-state index is -1.27. The average molecular weight is 442 g/mol. The van der Waals surface area contributed by atoms with E-state index in [1.165, 1.54) is 7.05 Å². The lowest BCUT2D eigenvalue weighted by atomic mass is 9.75. The molecule has 9 heteroatoms. The van der Waals surface area contributed by atoms with E-state index >= 15 is 0 Å². The van der Waals surface area contributed by atoms with E-state index in [4.69, 9.17) is 11.6 Å². The molecule has 1 unspecified atom stereocenters. The number of halogens is 1. The van der Waals surface area contributed by atoms with Gasteiger partial charge in [0.1, 0.15) is 0 Å². The number of hydrogen-bond acceptors (Lipinski definition) is 6. The van der Waals surface area contributed by atoms with Crippen LogP contribution in [0.15, 0.2) is 42.7 Å². The summed E-state index contributed by atoms with van der Waals surface area (Å²) in [6.45, 7) is 2.40. The predicted molar refractivity (Wildman–Crippen MR) is 116 cm³/mol. The van der Waals surface area contributed by atoms with Gasteiger partial charge in [-0.3, -0.25) is 19.3 Å². The molecule has 4 rings (SSSR count). The number of carbonyl (C=O) groups excluding carboxylic acids is 3. The summed E-state index contributed by atoms with van der Waals surface area (Å²) < 4.78 is 0. The van der Waals surface area contributed by atoms with E-state index in [1.807, 2.05) is 0 Å². The van der Waals surface area contributed by atoms with Gasteiger partial charge in [-0.2, -0.15) is 0 Å². The summed E-state index contributed by atoms with van der Waals surface area (Å²) in [5.41, 5.74) is -0.739. The lowest BCUT2D eigenvalue weighted by molar-refractivity contribution is -0.141. The van der Waals surface area contributed by atoms with Crippen molar-refractivity contribution in [3.63, 3.8) is 0 Å². The smallest absolute Gasteiger partial charge is 0.240 e. The molecule has 0 aliphatic carbocycles. The van der Waals surface area contributed by atoms with Crippen molar-refractivity contribution in [2.45, 2.75) is 24.7 Å². The zero-order chi connectivity index (χ0) is 22.0. The second-order valence-corrected chi connectivity index (χ2v) is 8.35. The first kappa shape index (κ1) is 21.2. The maximum absolute atomic E-state index is 13.3. The molecule has 1 aromatic carbocycles. The molecule has 1 atom stereocenters. The van der Waals surface area contributed by atoms with Crippen LogP contribution in [-0.2, 0) is 19.8 Å². The van der Waals surface area contributed by atoms with Crippen molar-refractivity contribution < 1.29 is 14.4 Å². The number of carbonyl (C=O) groups is 3. The Kier molecular flexibility index (Phi) is 5.91. The van der Waals surface area contributed by atoms with Crippen molar-refractivity contribution in [2.75, 3.05) is 38.1 Å². The number of amides is 3. The third-order valence-corrected chi connectivity index (χ3v) is 6.40. The van der Waals surface area contributed by atoms with Gasteiger partial charge in [-0.1, -0.05) is 29.8 Å². The second-order valence-electron chi connectivity index (χ2n) is 7.94. The number of rotatable bonds is 4. The molecule has 8 nitrogen and oxygen atoms in total. The molecule has 2 aliphatic heterocycles. The largest absolute Gasteiger partial charge is 0.341 e. The van der Waals surface area contributed by atoms with Crippen LogP contribution in [0.5, 0.6) is 0 Å². The Hall–Kier alpha value is -3.00. The molecule has 0 radical (unpaired) electrons. The number of aromatic nitrogens is 2. The zero-order valence-electron chi connectivity index (χ0n) is 17.3. The minimum absolute atomic E-state index is 0.0599. The summed E-state index contributed by atoms with van der Waals surface area (Å²) >= 11 is 6.41. The first-order valence-corrected chi connectivity index (χ1v) is 10.7. The predicted octanol–water partition coefficient (Wildman–Crippen LogP) is 1.89. The van der Waals surface area contributed by atoms with E-state index < -0.39 is 5.41 Å². The Morgan fingerprint density at radius 2 is 1.81 bits per heavy atom. The monoisotopic (exact) mass is 441 g/mol. The fraction of sp³-hybridized carbons (Fsp3) is 0.409. The van der Waals surface area contributed by atoms with Gasteiger partial charge >= 0.3 is 0 Å². The van der Waals surface area contributed by atoms with Gasteiger partial charge in [0.25, 0.3) is 0 Å². The molecule has 1 aromatic heterocycles. The molecule has 3 amide bonds. The van der Waals surface area contributed by atoms with Gasteiger partial charge in [-0.15, -0.1) is 0 Å². The van der Waals surface area contributed by atoms with Crippen LogP contribution in [0.25, 0.3) is 0 Å². The molecular formula is C22H24ClN5O3. The molecule has 2 saturated heterocycles. The van der Waals surface area contributed by atoms with Crippen molar-refractivity contribution in [1.29, 1.82) is 0 Å². The lowest BCUT2D eigenvalue weighted by Crippen LogP contribution is -2.44. The number of benzene rings is 1. The molecule has 31 heavy (non-hydrogen) atoms. The number of likely N-dealkylation sites (tertiary alicyclic amines) is 1. The molecule has 0 N–H and O–H groups in total. The van der Waals surface area contributed by atoms with Crippen LogP contribution < -0.4 is 4.90 Å². The molecule has 0 saturated carbocycles. The van der Waals surface area contributed by atoms with Crippen molar-refractivity contribution in [3.8, 4) is 0 Å². The normalized spacial score (nSPS) is 22.1. The first-order valence-electron chi connectivity index (χ1n) is 10.3. The molecule has 2 fully saturated rings. The van der Waals surface area contributed by atoms with Crippen LogP contribution in [-0.4, -0.2) is 70.7 Å². The maximum Gasteiger partial charge on any atom is 0.240 e. The number of hydrogen-bond donors (Lipinski definition) is 0. The standard InChI is InChI=1S/C22H24ClN5O3/c1-26-18(29)14-22(20(26)31,16-6-2-3-7-17(16)23)15-19(30)27-10-5-11-28(13-12-27)21-24-8-4-9-25-21/h2-4,6-9H,5,10-15H2,1H3. The number of nitrogens with zero attached hydrogens (tertiary/aromatic N) is 5. The van der Waals surface area contributed by atoms with E-state index in [9.17, 15) is 14.4 Å². The van der Waals surface area contributed by atoms with E-state index in [-0.39, 0.29) is 30.6 Å². The quantitative estimate of drug-likeness (QED) is 0.673. The number of imide groups is 1. The number of likely N-dealkylation sites (N-methyl/N-ethyl adjacent to an activating group) is 1. The summed E-state index contributed by atoms with van der Waals surface area (Å²) in [7, 11) is 1.46. The summed E-state index contributed by atoms with van der Waals surface area (Å²) in [6, 6.07) is 8.72. The van der Waals surface area contributed by atoms with Gasteiger partial charge in [0.2, 0.25) is 23.7 Å². The minimum Gasteiger partial charge on any atom is -0.341 e. The molecular weight excluding hydrogens is 418 g/mol. The Balaban J connectivity index is 1.56. The van der Waals surface area contributed by atoms with E-state index in [1.54, 1.807) is 47.6 Å². The van der Waals surface area contributed by atoms with Crippen LogP contribution in [0.1, 0.15) is 24.8 Å². The maximum atomic E-state index is 13.3. The highest BCUT2D eigenvalue weighted by Crippen LogP contribution is 2.42. The molecule has 2 aromatic rings. The van der Waals surface area contributed by atoms with Crippen LogP contribution >= 0.6 is 11.6 Å². The van der Waals surface area contributed by atoms with E-state index in [0.717, 1.165) is 17.9 Å². The van der Waals surface area contributed by atoms with Gasteiger partial charge in [0.15, 0.2) is 0 Å². The van der Waals surface area contributed by atoms with Crippen molar-refractivity contribution in [2.24, 2.45) is 0 Å². The van der Waals surface area contributed by atoms with Crippen LogP contribution in [0, 0.1) is 0 Å². The highest BCUT2D eigenvalue weighted by Gasteiger charge is 2.53. The molecule has 162 valence electrons. The topological polar surface area (TPSA) is 86.7 Å². The molecule has 2 aliphatic rings. The highest BCUT2D eigenvalue weighted by molar-refractivity contribution is 6.32. The van der Waals surface area contributed by atoms with Crippen LogP contribution in [0.2, 0.25) is 5.02 Å². The van der Waals surface area contributed by atoms with Crippen molar-refractivity contribution >= 4 is 35.3 Å². The van der Waals surface area contributed by atoms with Gasteiger partial charge in [-0.25, -0.2) is 9.97 Å². The SMILES string of the molecule is CN1C(=O)CC(CC(=O)N2CCCN(c3ncccn3)CC2)(c2ccccc2Cl)C1=O. The summed E-state index contributed by atoms with van der Waals surface area (Å²) in [5, 5.41) is 0.384. The number of anilines is 1. The second kappa shape index (κ2) is 8.63. The van der Waals surface area contributed by atoms with Crippen molar-refractivity contribution in [3.05, 3.63) is 53.3 Å². The molecule has 0 bridgehead atoms. The molecule has 0 spiro atoms. The zero-order valence-corrected chi connectivity index (χ0v) is 18.1. The molecule has 3 heterocycles. The van der Waals surface area contributed by atoms with Crippen molar-refractivity contribution in [1.82, 2.24) is 19.8 Å². The third-order valence-electron chi connectivity index (χ3n) is 6.07. The van der Waals surface area contributed by atoms with Gasteiger partial charge in [0, 0.05) is 63.5 Å². The Bertz CT molecular complexity index is 1000. The third kappa shape index (κ3) is 3.99. The first-order chi connectivity index (χ1) is 14.9. The fourth-order valence-electron chi connectivity index (χ4n) is 4.37. The average Bonchev–Trinajstić information content (AvgIpc) is 2.96. The summed E-state index contributed by atoms with van der Waals surface area (Å²) in [4.78, 5) is 52.4. The van der Waals surface area contributed by atoms with Crippen LogP contribution in [0.3, 0.4) is 0 Å². The Labute approximate surface area is 185 Å². The Morgan fingerprint density at radius 1 is 1.06 bits per heavy atom.